The van der Waals surface area contributed by atoms with Gasteiger partial charge in [-0.2, -0.15) is 0 Å². The first kappa shape index (κ1) is 15.5. The van der Waals surface area contributed by atoms with Gasteiger partial charge in [0.2, 0.25) is 5.91 Å². The fourth-order valence-electron chi connectivity index (χ4n) is 2.30. The summed E-state index contributed by atoms with van der Waals surface area (Å²) in [6.07, 6.45) is 3.22. The number of carboxylic acids is 1. The summed E-state index contributed by atoms with van der Waals surface area (Å²) in [5.74, 6) is -1.27. The summed E-state index contributed by atoms with van der Waals surface area (Å²) in [5.41, 5.74) is 0.827. The van der Waals surface area contributed by atoms with E-state index in [1.807, 2.05) is 12.1 Å². The molecular formula is C15H15ClN4O3. The topological polar surface area (TPSA) is 88.3 Å². The number of amides is 1. The molecule has 7 nitrogen and oxygen atoms in total. The van der Waals surface area contributed by atoms with E-state index in [0.717, 1.165) is 18.4 Å². The van der Waals surface area contributed by atoms with Crippen molar-refractivity contribution in [1.82, 2.24) is 19.9 Å². The van der Waals surface area contributed by atoms with E-state index in [1.54, 1.807) is 17.0 Å². The molecule has 0 spiro atoms. The standard InChI is InChI=1S/C15H15ClN4O3/c16-11-3-1-10(2-4-11)7-20(12-5-6-12)14(21)9-19-8-13(15(22)23)17-18-19/h1-4,8,12H,5-7,9H2,(H,22,23). The van der Waals surface area contributed by atoms with E-state index < -0.39 is 5.97 Å². The van der Waals surface area contributed by atoms with Crippen LogP contribution < -0.4 is 0 Å². The minimum atomic E-state index is -1.16. The summed E-state index contributed by atoms with van der Waals surface area (Å²) in [5, 5.41) is 16.7. The van der Waals surface area contributed by atoms with Gasteiger partial charge in [0.25, 0.3) is 0 Å². The van der Waals surface area contributed by atoms with Crippen LogP contribution in [0.15, 0.2) is 30.5 Å². The molecule has 3 rings (SSSR count). The van der Waals surface area contributed by atoms with Crippen LogP contribution in [0, 0.1) is 0 Å². The Morgan fingerprint density at radius 1 is 1.30 bits per heavy atom. The van der Waals surface area contributed by atoms with Gasteiger partial charge in [-0.05, 0) is 30.5 Å². The van der Waals surface area contributed by atoms with Gasteiger partial charge in [0, 0.05) is 17.6 Å². The second-order valence-corrected chi connectivity index (χ2v) is 5.92. The predicted octanol–water partition coefficient (Wildman–Crippen LogP) is 1.82. The lowest BCUT2D eigenvalue weighted by molar-refractivity contribution is -0.133. The fourth-order valence-corrected chi connectivity index (χ4v) is 2.42. The number of carboxylic acid groups (broad SMARTS) is 1. The Morgan fingerprint density at radius 3 is 2.57 bits per heavy atom. The van der Waals surface area contributed by atoms with Crippen molar-refractivity contribution in [1.29, 1.82) is 0 Å². The summed E-state index contributed by atoms with van der Waals surface area (Å²) in [7, 11) is 0. The highest BCUT2D eigenvalue weighted by molar-refractivity contribution is 6.30. The zero-order chi connectivity index (χ0) is 16.4. The summed E-state index contributed by atoms with van der Waals surface area (Å²) in [4.78, 5) is 25.1. The molecule has 0 radical (unpaired) electrons. The van der Waals surface area contributed by atoms with Crippen LogP contribution in [0.4, 0.5) is 0 Å². The number of carbonyl (C=O) groups excluding carboxylic acids is 1. The average molecular weight is 335 g/mol. The number of hydrogen-bond donors (Lipinski definition) is 1. The molecule has 23 heavy (non-hydrogen) atoms. The van der Waals surface area contributed by atoms with Crippen molar-refractivity contribution in [3.05, 3.63) is 46.7 Å². The molecule has 1 saturated carbocycles. The van der Waals surface area contributed by atoms with Crippen molar-refractivity contribution in [2.45, 2.75) is 32.0 Å². The quantitative estimate of drug-likeness (QED) is 0.870. The molecule has 1 aromatic carbocycles. The molecule has 120 valence electrons. The second kappa shape index (κ2) is 6.37. The van der Waals surface area contributed by atoms with Crippen molar-refractivity contribution in [2.75, 3.05) is 0 Å². The number of aromatic nitrogens is 3. The van der Waals surface area contributed by atoms with E-state index in [4.69, 9.17) is 16.7 Å². The highest BCUT2D eigenvalue weighted by atomic mass is 35.5. The number of halogens is 1. The zero-order valence-electron chi connectivity index (χ0n) is 12.2. The fraction of sp³-hybridized carbons (Fsp3) is 0.333. The van der Waals surface area contributed by atoms with Gasteiger partial charge < -0.3 is 10.0 Å². The molecule has 8 heteroatoms. The van der Waals surface area contributed by atoms with Crippen LogP contribution in [0.2, 0.25) is 5.02 Å². The van der Waals surface area contributed by atoms with Crippen LogP contribution >= 0.6 is 11.6 Å². The summed E-state index contributed by atoms with van der Waals surface area (Å²) in [6, 6.07) is 7.61. The Hall–Kier alpha value is -2.41. The third-order valence-electron chi connectivity index (χ3n) is 3.63. The van der Waals surface area contributed by atoms with E-state index in [9.17, 15) is 9.59 Å². The van der Waals surface area contributed by atoms with Crippen molar-refractivity contribution in [3.8, 4) is 0 Å². The Labute approximate surface area is 137 Å². The van der Waals surface area contributed by atoms with E-state index in [0.29, 0.717) is 11.6 Å². The van der Waals surface area contributed by atoms with Crippen molar-refractivity contribution in [3.63, 3.8) is 0 Å². The average Bonchev–Trinajstić information content (AvgIpc) is 3.25. The molecule has 1 aliphatic rings. The Morgan fingerprint density at radius 2 is 2.00 bits per heavy atom. The Bertz CT molecular complexity index is 725. The number of aromatic carboxylic acids is 1. The third-order valence-corrected chi connectivity index (χ3v) is 3.88. The van der Waals surface area contributed by atoms with Gasteiger partial charge in [0.15, 0.2) is 5.69 Å². The van der Waals surface area contributed by atoms with Crippen LogP contribution in [0.1, 0.15) is 28.9 Å². The SMILES string of the molecule is O=C(O)c1cn(CC(=O)N(Cc2ccc(Cl)cc2)C2CC2)nn1. The first-order chi connectivity index (χ1) is 11.0. The summed E-state index contributed by atoms with van der Waals surface area (Å²) >= 11 is 5.87. The van der Waals surface area contributed by atoms with E-state index in [1.165, 1.54) is 10.9 Å². The lowest BCUT2D eigenvalue weighted by Gasteiger charge is -2.22. The van der Waals surface area contributed by atoms with Crippen LogP contribution in [-0.4, -0.2) is 42.9 Å². The van der Waals surface area contributed by atoms with Gasteiger partial charge in [-0.3, -0.25) is 4.79 Å². The minimum Gasteiger partial charge on any atom is -0.476 e. The molecule has 0 aliphatic heterocycles. The third kappa shape index (κ3) is 3.87. The largest absolute Gasteiger partial charge is 0.476 e. The molecule has 1 heterocycles. The molecule has 0 atom stereocenters. The van der Waals surface area contributed by atoms with Gasteiger partial charge in [-0.25, -0.2) is 9.48 Å². The van der Waals surface area contributed by atoms with Crippen LogP contribution in [0.5, 0.6) is 0 Å². The molecule has 1 fully saturated rings. The molecular weight excluding hydrogens is 320 g/mol. The number of carbonyl (C=O) groups is 2. The summed E-state index contributed by atoms with van der Waals surface area (Å²) < 4.78 is 1.25. The highest BCUT2D eigenvalue weighted by Crippen LogP contribution is 2.29. The lowest BCUT2D eigenvalue weighted by atomic mass is 10.2. The monoisotopic (exact) mass is 334 g/mol. The predicted molar refractivity (Wildman–Crippen MR) is 82.0 cm³/mol. The van der Waals surface area contributed by atoms with E-state index in [2.05, 4.69) is 10.3 Å². The zero-order valence-corrected chi connectivity index (χ0v) is 13.0. The Balaban J connectivity index is 1.68. The van der Waals surface area contributed by atoms with Crippen LogP contribution in [0.3, 0.4) is 0 Å². The first-order valence-electron chi connectivity index (χ1n) is 7.20. The highest BCUT2D eigenvalue weighted by Gasteiger charge is 2.32. The lowest BCUT2D eigenvalue weighted by Crippen LogP contribution is -2.35. The molecule has 0 unspecified atom stereocenters. The van der Waals surface area contributed by atoms with Crippen molar-refractivity contribution >= 4 is 23.5 Å². The molecule has 1 aliphatic carbocycles. The molecule has 1 aromatic heterocycles. The van der Waals surface area contributed by atoms with Gasteiger partial charge >= 0.3 is 5.97 Å². The molecule has 0 saturated heterocycles. The smallest absolute Gasteiger partial charge is 0.358 e. The first-order valence-corrected chi connectivity index (χ1v) is 7.58. The number of hydrogen-bond acceptors (Lipinski definition) is 4. The normalized spacial score (nSPS) is 13.8. The van der Waals surface area contributed by atoms with Crippen molar-refractivity contribution in [2.24, 2.45) is 0 Å². The second-order valence-electron chi connectivity index (χ2n) is 5.49. The Kier molecular flexibility index (Phi) is 4.29. The van der Waals surface area contributed by atoms with Gasteiger partial charge in [-0.15, -0.1) is 5.10 Å². The van der Waals surface area contributed by atoms with Crippen molar-refractivity contribution < 1.29 is 14.7 Å². The molecule has 1 N–H and O–H groups in total. The van der Waals surface area contributed by atoms with E-state index in [-0.39, 0.29) is 24.2 Å². The number of benzene rings is 1. The van der Waals surface area contributed by atoms with Gasteiger partial charge in [-0.1, -0.05) is 28.9 Å². The van der Waals surface area contributed by atoms with Gasteiger partial charge in [0.1, 0.15) is 6.54 Å². The maximum Gasteiger partial charge on any atom is 0.358 e. The maximum atomic E-state index is 12.5. The molecule has 0 bridgehead atoms. The molecule has 2 aromatic rings. The summed E-state index contributed by atoms with van der Waals surface area (Å²) in [6.45, 7) is 0.478. The maximum absolute atomic E-state index is 12.5. The van der Waals surface area contributed by atoms with Crippen LogP contribution in [0.25, 0.3) is 0 Å². The van der Waals surface area contributed by atoms with Crippen LogP contribution in [-0.2, 0) is 17.9 Å². The van der Waals surface area contributed by atoms with E-state index >= 15 is 0 Å². The number of nitrogens with zero attached hydrogens (tertiary/aromatic N) is 4. The minimum absolute atomic E-state index is 0.0234. The molecule has 1 amide bonds. The van der Waals surface area contributed by atoms with Gasteiger partial charge in [0.05, 0.1) is 6.20 Å². The number of rotatable bonds is 6.